The van der Waals surface area contributed by atoms with E-state index in [-0.39, 0.29) is 23.3 Å². The number of hydrogen-bond donors (Lipinski definition) is 1. The summed E-state index contributed by atoms with van der Waals surface area (Å²) < 4.78 is 12.9. The zero-order valence-electron chi connectivity index (χ0n) is 13.9. The fraction of sp³-hybridized carbons (Fsp3) is 0.278. The summed E-state index contributed by atoms with van der Waals surface area (Å²) in [5, 5.41) is 2.67. The topological polar surface area (TPSA) is 65.5 Å². The SMILES string of the molecule is CN1CCN(C(=O)c2cc(C(=O)Nc3ccc(F)cc3)ccn2)CC1. The highest BCUT2D eigenvalue weighted by Gasteiger charge is 2.22. The monoisotopic (exact) mass is 342 g/mol. The average molecular weight is 342 g/mol. The number of benzene rings is 1. The summed E-state index contributed by atoms with van der Waals surface area (Å²) in [5.41, 5.74) is 1.06. The lowest BCUT2D eigenvalue weighted by Gasteiger charge is -2.32. The second kappa shape index (κ2) is 7.40. The molecule has 1 aliphatic rings. The van der Waals surface area contributed by atoms with Gasteiger partial charge in [0.15, 0.2) is 0 Å². The van der Waals surface area contributed by atoms with Gasteiger partial charge in [-0.05, 0) is 43.4 Å². The molecular formula is C18H19FN4O2. The summed E-state index contributed by atoms with van der Waals surface area (Å²) in [6.07, 6.45) is 1.45. The van der Waals surface area contributed by atoms with Gasteiger partial charge in [0.2, 0.25) is 0 Å². The van der Waals surface area contributed by atoms with Gasteiger partial charge < -0.3 is 15.1 Å². The maximum atomic E-state index is 12.9. The number of rotatable bonds is 3. The Kier molecular flexibility index (Phi) is 5.04. The average Bonchev–Trinajstić information content (AvgIpc) is 2.64. The van der Waals surface area contributed by atoms with E-state index < -0.39 is 0 Å². The van der Waals surface area contributed by atoms with Crippen molar-refractivity contribution in [2.75, 3.05) is 38.5 Å². The lowest BCUT2D eigenvalue weighted by molar-refractivity contribution is 0.0658. The first-order valence-electron chi connectivity index (χ1n) is 8.04. The Morgan fingerprint density at radius 2 is 1.76 bits per heavy atom. The molecule has 25 heavy (non-hydrogen) atoms. The van der Waals surface area contributed by atoms with Crippen molar-refractivity contribution >= 4 is 17.5 Å². The van der Waals surface area contributed by atoms with Crippen LogP contribution < -0.4 is 5.32 Å². The van der Waals surface area contributed by atoms with Crippen LogP contribution >= 0.6 is 0 Å². The molecule has 0 bridgehead atoms. The van der Waals surface area contributed by atoms with E-state index >= 15 is 0 Å². The van der Waals surface area contributed by atoms with Gasteiger partial charge in [-0.15, -0.1) is 0 Å². The summed E-state index contributed by atoms with van der Waals surface area (Å²) in [5.74, 6) is -0.923. The minimum Gasteiger partial charge on any atom is -0.335 e. The van der Waals surface area contributed by atoms with Crippen molar-refractivity contribution < 1.29 is 14.0 Å². The molecular weight excluding hydrogens is 323 g/mol. The Bertz CT molecular complexity index is 771. The normalized spacial score (nSPS) is 15.0. The van der Waals surface area contributed by atoms with Crippen LogP contribution in [0.15, 0.2) is 42.6 Å². The quantitative estimate of drug-likeness (QED) is 0.925. The number of halogens is 1. The van der Waals surface area contributed by atoms with Crippen LogP contribution in [0.25, 0.3) is 0 Å². The molecule has 0 atom stereocenters. The van der Waals surface area contributed by atoms with Gasteiger partial charge in [0, 0.05) is 43.6 Å². The van der Waals surface area contributed by atoms with E-state index in [1.165, 1.54) is 36.5 Å². The highest BCUT2D eigenvalue weighted by molar-refractivity contribution is 6.05. The molecule has 0 saturated carbocycles. The van der Waals surface area contributed by atoms with E-state index in [9.17, 15) is 14.0 Å². The molecule has 1 aromatic carbocycles. The molecule has 7 heteroatoms. The van der Waals surface area contributed by atoms with Crippen molar-refractivity contribution in [3.8, 4) is 0 Å². The molecule has 1 fully saturated rings. The maximum Gasteiger partial charge on any atom is 0.272 e. The molecule has 3 rings (SSSR count). The molecule has 1 aromatic heterocycles. The second-order valence-corrected chi connectivity index (χ2v) is 5.99. The predicted molar refractivity (Wildman–Crippen MR) is 92.0 cm³/mol. The van der Waals surface area contributed by atoms with Gasteiger partial charge in [0.1, 0.15) is 11.5 Å². The van der Waals surface area contributed by atoms with E-state index in [1.807, 2.05) is 7.05 Å². The van der Waals surface area contributed by atoms with Crippen molar-refractivity contribution in [1.29, 1.82) is 0 Å². The molecule has 0 aliphatic carbocycles. The van der Waals surface area contributed by atoms with Crippen LogP contribution in [0.5, 0.6) is 0 Å². The number of pyridine rings is 1. The van der Waals surface area contributed by atoms with Crippen LogP contribution in [-0.2, 0) is 0 Å². The minimum atomic E-state index is -0.374. The zero-order chi connectivity index (χ0) is 17.8. The van der Waals surface area contributed by atoms with E-state index in [2.05, 4.69) is 15.2 Å². The van der Waals surface area contributed by atoms with Gasteiger partial charge in [-0.2, -0.15) is 0 Å². The number of nitrogens with zero attached hydrogens (tertiary/aromatic N) is 3. The van der Waals surface area contributed by atoms with Crippen molar-refractivity contribution in [2.45, 2.75) is 0 Å². The molecule has 1 saturated heterocycles. The summed E-state index contributed by atoms with van der Waals surface area (Å²) in [6, 6.07) is 8.52. The third-order valence-electron chi connectivity index (χ3n) is 4.13. The molecule has 2 heterocycles. The lowest BCUT2D eigenvalue weighted by atomic mass is 10.2. The summed E-state index contributed by atoms with van der Waals surface area (Å²) in [7, 11) is 2.01. The third kappa shape index (κ3) is 4.19. The van der Waals surface area contributed by atoms with Crippen LogP contribution in [0.3, 0.4) is 0 Å². The van der Waals surface area contributed by atoms with Crippen molar-refractivity contribution in [1.82, 2.24) is 14.8 Å². The molecule has 2 amide bonds. The molecule has 0 unspecified atom stereocenters. The van der Waals surface area contributed by atoms with Crippen LogP contribution in [0.2, 0.25) is 0 Å². The zero-order valence-corrected chi connectivity index (χ0v) is 13.9. The number of piperazine rings is 1. The molecule has 6 nitrogen and oxygen atoms in total. The lowest BCUT2D eigenvalue weighted by Crippen LogP contribution is -2.47. The first-order chi connectivity index (χ1) is 12.0. The number of carbonyl (C=O) groups is 2. The molecule has 130 valence electrons. The summed E-state index contributed by atoms with van der Waals surface area (Å²) in [4.78, 5) is 32.9. The molecule has 0 radical (unpaired) electrons. The summed E-state index contributed by atoms with van der Waals surface area (Å²) in [6.45, 7) is 2.92. The van der Waals surface area contributed by atoms with Gasteiger partial charge in [0.05, 0.1) is 0 Å². The van der Waals surface area contributed by atoms with Crippen LogP contribution in [0.1, 0.15) is 20.8 Å². The standard InChI is InChI=1S/C18H19FN4O2/c1-22-8-10-23(11-9-22)18(25)16-12-13(6-7-20-16)17(24)21-15-4-2-14(19)3-5-15/h2-7,12H,8-11H2,1H3,(H,21,24). The number of carbonyl (C=O) groups excluding carboxylic acids is 2. The second-order valence-electron chi connectivity index (χ2n) is 5.99. The van der Waals surface area contributed by atoms with Crippen molar-refractivity contribution in [2.24, 2.45) is 0 Å². The number of likely N-dealkylation sites (N-methyl/N-ethyl adjacent to an activating group) is 1. The molecule has 0 spiro atoms. The number of hydrogen-bond acceptors (Lipinski definition) is 4. The molecule has 2 aromatic rings. The Hall–Kier alpha value is -2.80. The fourth-order valence-corrected chi connectivity index (χ4v) is 2.60. The van der Waals surface area contributed by atoms with E-state index in [0.717, 1.165) is 13.1 Å². The van der Waals surface area contributed by atoms with Crippen molar-refractivity contribution in [3.05, 3.63) is 59.7 Å². The maximum absolute atomic E-state index is 12.9. The van der Waals surface area contributed by atoms with E-state index in [0.29, 0.717) is 24.3 Å². The predicted octanol–water partition coefficient (Wildman–Crippen LogP) is 1.86. The highest BCUT2D eigenvalue weighted by Crippen LogP contribution is 2.12. The third-order valence-corrected chi connectivity index (χ3v) is 4.13. The minimum absolute atomic E-state index is 0.176. The van der Waals surface area contributed by atoms with Crippen LogP contribution in [0, 0.1) is 5.82 Å². The van der Waals surface area contributed by atoms with Crippen LogP contribution in [0.4, 0.5) is 10.1 Å². The number of aromatic nitrogens is 1. The Morgan fingerprint density at radius 1 is 1.08 bits per heavy atom. The Labute approximate surface area is 145 Å². The number of amides is 2. The number of nitrogens with one attached hydrogen (secondary N) is 1. The van der Waals surface area contributed by atoms with Gasteiger partial charge in [-0.25, -0.2) is 4.39 Å². The Morgan fingerprint density at radius 3 is 2.44 bits per heavy atom. The van der Waals surface area contributed by atoms with E-state index in [4.69, 9.17) is 0 Å². The first kappa shape index (κ1) is 17.0. The number of anilines is 1. The Balaban J connectivity index is 1.71. The molecule has 1 aliphatic heterocycles. The molecule has 1 N–H and O–H groups in total. The van der Waals surface area contributed by atoms with Crippen molar-refractivity contribution in [3.63, 3.8) is 0 Å². The first-order valence-corrected chi connectivity index (χ1v) is 8.04. The smallest absolute Gasteiger partial charge is 0.272 e. The van der Waals surface area contributed by atoms with Gasteiger partial charge >= 0.3 is 0 Å². The largest absolute Gasteiger partial charge is 0.335 e. The van der Waals surface area contributed by atoms with E-state index in [1.54, 1.807) is 11.0 Å². The van der Waals surface area contributed by atoms with Crippen LogP contribution in [-0.4, -0.2) is 59.8 Å². The summed E-state index contributed by atoms with van der Waals surface area (Å²) >= 11 is 0. The van der Waals surface area contributed by atoms with Gasteiger partial charge in [-0.3, -0.25) is 14.6 Å². The van der Waals surface area contributed by atoms with Gasteiger partial charge in [-0.1, -0.05) is 0 Å². The van der Waals surface area contributed by atoms with Gasteiger partial charge in [0.25, 0.3) is 11.8 Å². The fourth-order valence-electron chi connectivity index (χ4n) is 2.60. The highest BCUT2D eigenvalue weighted by atomic mass is 19.1.